The van der Waals surface area contributed by atoms with E-state index in [4.69, 9.17) is 21.1 Å². The summed E-state index contributed by atoms with van der Waals surface area (Å²) in [5.74, 6) is 0.186. The molecule has 10 nitrogen and oxygen atoms in total. The Bertz CT molecular complexity index is 824. The average molecular weight is 582 g/mol. The number of hydrogen-bond donors (Lipinski definition) is 5. The highest BCUT2D eigenvalue weighted by Crippen LogP contribution is 2.36. The van der Waals surface area contributed by atoms with Crippen molar-refractivity contribution < 1.29 is 14.3 Å². The van der Waals surface area contributed by atoms with Crippen LogP contribution < -0.4 is 26.8 Å². The van der Waals surface area contributed by atoms with Crippen LogP contribution in [0.5, 0.6) is 0 Å². The van der Waals surface area contributed by atoms with Crippen LogP contribution in [-0.4, -0.2) is 106 Å². The lowest BCUT2D eigenvalue weighted by Gasteiger charge is -2.50. The van der Waals surface area contributed by atoms with Crippen molar-refractivity contribution in [3.63, 3.8) is 0 Å². The number of nitrogens with zero attached hydrogens (tertiary/aromatic N) is 2. The van der Waals surface area contributed by atoms with Gasteiger partial charge in [-0.3, -0.25) is 15.6 Å². The number of nitrogens with one attached hydrogen (secondary N) is 5. The fourth-order valence-electron chi connectivity index (χ4n) is 7.07. The van der Waals surface area contributed by atoms with Gasteiger partial charge < -0.3 is 30.3 Å². The number of fused-ring (bicyclic) bond motifs is 1. The Morgan fingerprint density at radius 2 is 2.00 bits per heavy atom. The highest BCUT2D eigenvalue weighted by molar-refractivity contribution is 6.21. The molecule has 228 valence electrons. The van der Waals surface area contributed by atoms with Gasteiger partial charge in [-0.25, -0.2) is 0 Å². The molecule has 0 bridgehead atoms. The molecule has 5 N–H and O–H groups in total. The Morgan fingerprint density at radius 1 is 1.15 bits per heavy atom. The normalized spacial score (nSPS) is 38.4. The molecule has 10 atom stereocenters. The van der Waals surface area contributed by atoms with Crippen LogP contribution in [0.1, 0.15) is 64.7 Å². The maximum absolute atomic E-state index is 12.8. The van der Waals surface area contributed by atoms with Gasteiger partial charge in [0, 0.05) is 50.3 Å². The molecule has 10 unspecified atom stereocenters. The molecular weight excluding hydrogens is 530 g/mol. The van der Waals surface area contributed by atoms with Gasteiger partial charge in [0.2, 0.25) is 5.91 Å². The summed E-state index contributed by atoms with van der Waals surface area (Å²) in [6.45, 7) is 5.87. The van der Waals surface area contributed by atoms with E-state index in [0.29, 0.717) is 32.2 Å². The van der Waals surface area contributed by atoms with Crippen LogP contribution in [0.15, 0.2) is 0 Å². The first kappa shape index (κ1) is 31.9. The molecule has 2 saturated heterocycles. The van der Waals surface area contributed by atoms with Crippen LogP contribution in [0.2, 0.25) is 0 Å². The fourth-order valence-corrected chi connectivity index (χ4v) is 7.49. The second-order valence-corrected chi connectivity index (χ2v) is 13.0. The topological polar surface area (TPSA) is 123 Å². The molecule has 4 rings (SSSR count). The molecule has 0 aromatic heterocycles. The smallest absolute Gasteiger partial charge is 0.220 e. The summed E-state index contributed by atoms with van der Waals surface area (Å²) < 4.78 is 12.4. The van der Waals surface area contributed by atoms with Gasteiger partial charge in [0.1, 0.15) is 0 Å². The monoisotopic (exact) mass is 581 g/mol. The predicted molar refractivity (Wildman–Crippen MR) is 157 cm³/mol. The number of nitriles is 1. The van der Waals surface area contributed by atoms with Gasteiger partial charge in [0.15, 0.2) is 0 Å². The van der Waals surface area contributed by atoms with E-state index in [1.807, 2.05) is 21.0 Å². The lowest BCUT2D eigenvalue weighted by atomic mass is 9.69. The SMILES string of the molecule is CCOC1CC2NCC(C#N)C(NC3CCC(OCC4CCCNN4)C(Cl)C3)C2CC1NC(=O)CCCN(C)C. The molecule has 2 heterocycles. The zero-order valence-electron chi connectivity index (χ0n) is 24.7. The molecule has 2 saturated carbocycles. The number of amides is 1. The number of piperidine rings is 1. The van der Waals surface area contributed by atoms with Gasteiger partial charge in [-0.2, -0.15) is 5.26 Å². The van der Waals surface area contributed by atoms with E-state index in [1.165, 1.54) is 0 Å². The maximum atomic E-state index is 12.8. The Labute approximate surface area is 245 Å². The predicted octanol–water partition coefficient (Wildman–Crippen LogP) is 1.50. The standard InChI is InChI=1S/C29H52ClN7O3/c1-4-39-27-15-24-22(14-25(27)35-28(38)8-6-12-37(2)3)29(19(16-31)17-32-24)34-20-9-10-26(23(30)13-20)40-18-21-7-5-11-33-36-21/h19-27,29,32-34,36H,4-15,17-18H2,1-3H3,(H,35,38). The molecule has 2 aliphatic heterocycles. The van der Waals surface area contributed by atoms with Crippen molar-refractivity contribution in [3.05, 3.63) is 0 Å². The molecule has 4 fully saturated rings. The van der Waals surface area contributed by atoms with E-state index in [2.05, 4.69) is 37.8 Å². The first-order chi connectivity index (χ1) is 19.4. The first-order valence-corrected chi connectivity index (χ1v) is 16.0. The molecule has 0 radical (unpaired) electrons. The zero-order valence-corrected chi connectivity index (χ0v) is 25.4. The van der Waals surface area contributed by atoms with E-state index in [1.54, 1.807) is 0 Å². The number of hydrogen-bond acceptors (Lipinski definition) is 9. The van der Waals surface area contributed by atoms with Gasteiger partial charge in [-0.15, -0.1) is 11.6 Å². The van der Waals surface area contributed by atoms with Crippen LogP contribution in [0.3, 0.4) is 0 Å². The highest BCUT2D eigenvalue weighted by Gasteiger charge is 2.47. The third-order valence-electron chi connectivity index (χ3n) is 9.19. The summed E-state index contributed by atoms with van der Waals surface area (Å²) >= 11 is 6.87. The van der Waals surface area contributed by atoms with Crippen molar-refractivity contribution >= 4 is 17.5 Å². The van der Waals surface area contributed by atoms with Gasteiger partial charge in [-0.05, 0) is 84.8 Å². The third-order valence-corrected chi connectivity index (χ3v) is 9.65. The molecule has 4 aliphatic rings. The van der Waals surface area contributed by atoms with Crippen molar-refractivity contribution in [2.75, 3.05) is 46.9 Å². The van der Waals surface area contributed by atoms with Crippen molar-refractivity contribution in [2.24, 2.45) is 11.8 Å². The van der Waals surface area contributed by atoms with Crippen molar-refractivity contribution in [2.45, 2.75) is 113 Å². The van der Waals surface area contributed by atoms with E-state index >= 15 is 0 Å². The Hall–Kier alpha value is -1.03. The first-order valence-electron chi connectivity index (χ1n) is 15.6. The van der Waals surface area contributed by atoms with Gasteiger partial charge in [0.25, 0.3) is 0 Å². The number of ether oxygens (including phenoxy) is 2. The summed E-state index contributed by atoms with van der Waals surface area (Å²) in [5.41, 5.74) is 6.53. The van der Waals surface area contributed by atoms with Crippen LogP contribution in [0.25, 0.3) is 0 Å². The summed E-state index contributed by atoms with van der Waals surface area (Å²) in [7, 11) is 4.05. The maximum Gasteiger partial charge on any atom is 0.220 e. The number of hydrazine groups is 1. The summed E-state index contributed by atoms with van der Waals surface area (Å²) in [4.78, 5) is 14.9. The Balaban J connectivity index is 1.34. The highest BCUT2D eigenvalue weighted by atomic mass is 35.5. The quantitative estimate of drug-likeness (QED) is 0.218. The zero-order chi connectivity index (χ0) is 28.5. The van der Waals surface area contributed by atoms with E-state index in [0.717, 1.165) is 64.5 Å². The molecule has 2 aliphatic carbocycles. The molecule has 1 amide bonds. The minimum atomic E-state index is -0.131. The summed E-state index contributed by atoms with van der Waals surface area (Å²) in [6, 6.07) is 3.41. The minimum Gasteiger partial charge on any atom is -0.376 e. The number of carbonyl (C=O) groups excluding carboxylic acids is 1. The molecule has 0 aromatic rings. The largest absolute Gasteiger partial charge is 0.376 e. The lowest BCUT2D eigenvalue weighted by molar-refractivity contribution is -0.124. The minimum absolute atomic E-state index is 0.0236. The molecule has 11 heteroatoms. The number of halogens is 1. The number of alkyl halides is 1. The molecule has 0 aromatic carbocycles. The molecule has 0 spiro atoms. The Morgan fingerprint density at radius 3 is 2.70 bits per heavy atom. The van der Waals surface area contributed by atoms with Crippen molar-refractivity contribution in [1.82, 2.24) is 31.7 Å². The van der Waals surface area contributed by atoms with E-state index in [9.17, 15) is 10.1 Å². The summed E-state index contributed by atoms with van der Waals surface area (Å²) in [5, 5.41) is 20.9. The second-order valence-electron chi connectivity index (χ2n) is 12.5. The van der Waals surface area contributed by atoms with Gasteiger partial charge >= 0.3 is 0 Å². The average Bonchev–Trinajstić information content (AvgIpc) is 2.94. The van der Waals surface area contributed by atoms with Crippen LogP contribution >= 0.6 is 11.6 Å². The van der Waals surface area contributed by atoms with Crippen molar-refractivity contribution in [3.8, 4) is 6.07 Å². The lowest BCUT2D eigenvalue weighted by Crippen LogP contribution is -2.66. The number of rotatable bonds is 12. The van der Waals surface area contributed by atoms with Crippen molar-refractivity contribution in [1.29, 1.82) is 5.26 Å². The molecular formula is C29H52ClN7O3. The number of carbonyl (C=O) groups is 1. The van der Waals surface area contributed by atoms with Crippen LogP contribution in [0, 0.1) is 23.2 Å². The van der Waals surface area contributed by atoms with E-state index in [-0.39, 0.29) is 59.5 Å². The third kappa shape index (κ3) is 8.98. The fraction of sp³-hybridized carbons (Fsp3) is 0.931. The summed E-state index contributed by atoms with van der Waals surface area (Å²) in [6.07, 6.45) is 8.02. The second kappa shape index (κ2) is 16.0. The van der Waals surface area contributed by atoms with Crippen LogP contribution in [-0.2, 0) is 14.3 Å². The van der Waals surface area contributed by atoms with Crippen LogP contribution in [0.4, 0.5) is 0 Å². The van der Waals surface area contributed by atoms with Gasteiger partial charge in [-0.1, -0.05) is 0 Å². The Kier molecular flexibility index (Phi) is 12.8. The molecule has 40 heavy (non-hydrogen) atoms. The van der Waals surface area contributed by atoms with E-state index < -0.39 is 0 Å². The van der Waals surface area contributed by atoms with Gasteiger partial charge in [0.05, 0.1) is 42.2 Å².